The van der Waals surface area contributed by atoms with Crippen LogP contribution in [0.25, 0.3) is 0 Å². The number of aliphatic carboxylic acids is 1. The van der Waals surface area contributed by atoms with Crippen molar-refractivity contribution in [3.8, 4) is 0 Å². The maximum Gasteiger partial charge on any atom is 0.320 e. The quantitative estimate of drug-likeness (QED) is 0.785. The molecule has 0 amide bonds. The lowest BCUT2D eigenvalue weighted by Gasteiger charge is -2.54. The minimum absolute atomic E-state index is 0.136. The summed E-state index contributed by atoms with van der Waals surface area (Å²) >= 11 is 0. The van der Waals surface area contributed by atoms with Gasteiger partial charge in [0.2, 0.25) is 0 Å². The molecule has 1 aliphatic carbocycles. The number of likely N-dealkylation sites (tertiary alicyclic amines) is 1. The average Bonchev–Trinajstić information content (AvgIpc) is 2.08. The van der Waals surface area contributed by atoms with Gasteiger partial charge >= 0.3 is 5.97 Å². The molecular formula is C13H23NO2. The normalized spacial score (nSPS) is 33.1. The smallest absolute Gasteiger partial charge is 0.320 e. The highest BCUT2D eigenvalue weighted by atomic mass is 16.4. The van der Waals surface area contributed by atoms with Crippen LogP contribution in [0.15, 0.2) is 0 Å². The van der Waals surface area contributed by atoms with E-state index in [9.17, 15) is 4.79 Å². The lowest BCUT2D eigenvalue weighted by molar-refractivity contribution is -0.156. The van der Waals surface area contributed by atoms with E-state index < -0.39 is 5.97 Å². The molecule has 1 N–H and O–H groups in total. The second-order valence-electron chi connectivity index (χ2n) is 6.50. The van der Waals surface area contributed by atoms with Gasteiger partial charge in [0.15, 0.2) is 0 Å². The molecule has 3 heteroatoms. The zero-order chi connectivity index (χ0) is 12.0. The predicted octanol–water partition coefficient (Wildman–Crippen LogP) is 2.50. The summed E-state index contributed by atoms with van der Waals surface area (Å²) in [7, 11) is 0. The van der Waals surface area contributed by atoms with Crippen LogP contribution in [0.2, 0.25) is 0 Å². The summed E-state index contributed by atoms with van der Waals surface area (Å²) in [5.41, 5.74) is 0.583. The van der Waals surface area contributed by atoms with Crippen LogP contribution < -0.4 is 0 Å². The van der Waals surface area contributed by atoms with Crippen molar-refractivity contribution in [2.75, 3.05) is 6.54 Å². The van der Waals surface area contributed by atoms with E-state index in [-0.39, 0.29) is 11.6 Å². The van der Waals surface area contributed by atoms with E-state index in [0.29, 0.717) is 5.41 Å². The second-order valence-corrected chi connectivity index (χ2v) is 6.50. The van der Waals surface area contributed by atoms with Crippen LogP contribution in [0.4, 0.5) is 0 Å². The third kappa shape index (κ3) is 1.97. The van der Waals surface area contributed by atoms with Crippen LogP contribution in [0.3, 0.4) is 0 Å². The van der Waals surface area contributed by atoms with Crippen molar-refractivity contribution < 1.29 is 9.90 Å². The van der Waals surface area contributed by atoms with Crippen LogP contribution in [-0.4, -0.2) is 34.1 Å². The molecule has 2 fully saturated rings. The van der Waals surface area contributed by atoms with Crippen LogP contribution in [0.5, 0.6) is 0 Å². The number of carbonyl (C=O) groups is 1. The van der Waals surface area contributed by atoms with Gasteiger partial charge in [-0.15, -0.1) is 0 Å². The summed E-state index contributed by atoms with van der Waals surface area (Å²) in [4.78, 5) is 13.3. The van der Waals surface area contributed by atoms with Crippen LogP contribution in [0, 0.1) is 5.41 Å². The molecule has 3 nitrogen and oxygen atoms in total. The van der Waals surface area contributed by atoms with Gasteiger partial charge in [0.1, 0.15) is 6.04 Å². The van der Waals surface area contributed by atoms with Gasteiger partial charge in [0, 0.05) is 12.1 Å². The van der Waals surface area contributed by atoms with E-state index in [1.165, 1.54) is 12.8 Å². The Morgan fingerprint density at radius 1 is 1.19 bits per heavy atom. The van der Waals surface area contributed by atoms with Crippen molar-refractivity contribution >= 4 is 5.97 Å². The van der Waals surface area contributed by atoms with Gasteiger partial charge in [-0.3, -0.25) is 9.69 Å². The first kappa shape index (κ1) is 11.9. The molecule has 1 atom stereocenters. The van der Waals surface area contributed by atoms with Gasteiger partial charge in [-0.05, 0) is 44.4 Å². The van der Waals surface area contributed by atoms with E-state index in [1.54, 1.807) is 0 Å². The summed E-state index contributed by atoms with van der Waals surface area (Å²) in [6.45, 7) is 7.85. The van der Waals surface area contributed by atoms with Crippen molar-refractivity contribution in [1.82, 2.24) is 4.90 Å². The lowest BCUT2D eigenvalue weighted by Crippen LogP contribution is -2.63. The molecule has 1 aliphatic heterocycles. The SMILES string of the molecule is CC1(C)CCC(C)(N2CCC2C(=O)O)CC1. The molecule has 2 rings (SSSR count). The number of rotatable bonds is 2. The topological polar surface area (TPSA) is 40.5 Å². The first-order valence-corrected chi connectivity index (χ1v) is 6.34. The molecule has 1 saturated heterocycles. The summed E-state index contributed by atoms with van der Waals surface area (Å²) in [6, 6.07) is -0.216. The Labute approximate surface area is 97.8 Å². The third-order valence-electron chi connectivity index (χ3n) is 4.68. The molecule has 0 spiro atoms. The van der Waals surface area contributed by atoms with Gasteiger partial charge < -0.3 is 5.11 Å². The molecule has 2 aliphatic rings. The molecule has 1 heterocycles. The number of carboxylic acids is 1. The van der Waals surface area contributed by atoms with Gasteiger partial charge in [0.05, 0.1) is 0 Å². The van der Waals surface area contributed by atoms with Gasteiger partial charge in [-0.25, -0.2) is 0 Å². The van der Waals surface area contributed by atoms with Crippen molar-refractivity contribution in [2.24, 2.45) is 5.41 Å². The van der Waals surface area contributed by atoms with Crippen molar-refractivity contribution in [3.05, 3.63) is 0 Å². The van der Waals surface area contributed by atoms with Crippen molar-refractivity contribution in [2.45, 2.75) is 64.5 Å². The predicted molar refractivity (Wildman–Crippen MR) is 63.4 cm³/mol. The number of carboxylic acid groups (broad SMARTS) is 1. The minimum Gasteiger partial charge on any atom is -0.480 e. The fraction of sp³-hybridized carbons (Fsp3) is 0.923. The van der Waals surface area contributed by atoms with Gasteiger partial charge in [-0.2, -0.15) is 0 Å². The molecule has 0 aromatic heterocycles. The minimum atomic E-state index is -0.641. The molecule has 0 bridgehead atoms. The van der Waals surface area contributed by atoms with Crippen LogP contribution in [-0.2, 0) is 4.79 Å². The van der Waals surface area contributed by atoms with E-state index in [2.05, 4.69) is 25.7 Å². The largest absolute Gasteiger partial charge is 0.480 e. The van der Waals surface area contributed by atoms with Gasteiger partial charge in [-0.1, -0.05) is 13.8 Å². The Kier molecular flexibility index (Phi) is 2.77. The summed E-state index contributed by atoms with van der Waals surface area (Å²) in [6.07, 6.45) is 5.54. The summed E-state index contributed by atoms with van der Waals surface area (Å²) in [5, 5.41) is 9.11. The first-order valence-electron chi connectivity index (χ1n) is 6.34. The Hall–Kier alpha value is -0.570. The molecule has 16 heavy (non-hydrogen) atoms. The van der Waals surface area contributed by atoms with Crippen molar-refractivity contribution in [3.63, 3.8) is 0 Å². The standard InChI is InChI=1S/C13H23NO2/c1-12(2)5-7-13(3,8-6-12)14-9-4-10(14)11(15)16/h10H,4-9H2,1-3H3,(H,15,16). The molecule has 0 radical (unpaired) electrons. The van der Waals surface area contributed by atoms with Crippen LogP contribution in [0.1, 0.15) is 52.9 Å². The monoisotopic (exact) mass is 225 g/mol. The van der Waals surface area contributed by atoms with E-state index in [4.69, 9.17) is 5.11 Å². The molecule has 0 aromatic rings. The zero-order valence-electron chi connectivity index (χ0n) is 10.6. The summed E-state index contributed by atoms with van der Waals surface area (Å²) < 4.78 is 0. The highest BCUT2D eigenvalue weighted by Gasteiger charge is 2.47. The Bertz CT molecular complexity index is 288. The maximum atomic E-state index is 11.1. The lowest BCUT2D eigenvalue weighted by atomic mass is 9.68. The fourth-order valence-corrected chi connectivity index (χ4v) is 3.04. The Morgan fingerprint density at radius 2 is 1.75 bits per heavy atom. The third-order valence-corrected chi connectivity index (χ3v) is 4.68. The highest BCUT2D eigenvalue weighted by Crippen LogP contribution is 2.45. The van der Waals surface area contributed by atoms with E-state index >= 15 is 0 Å². The Balaban J connectivity index is 2.02. The van der Waals surface area contributed by atoms with Gasteiger partial charge in [0.25, 0.3) is 0 Å². The number of nitrogens with zero attached hydrogens (tertiary/aromatic N) is 1. The first-order chi connectivity index (χ1) is 7.34. The van der Waals surface area contributed by atoms with E-state index in [0.717, 1.165) is 25.8 Å². The second kappa shape index (κ2) is 3.73. The molecule has 92 valence electrons. The molecular weight excluding hydrogens is 202 g/mol. The van der Waals surface area contributed by atoms with E-state index in [1.807, 2.05) is 0 Å². The van der Waals surface area contributed by atoms with Crippen molar-refractivity contribution in [1.29, 1.82) is 0 Å². The maximum absolute atomic E-state index is 11.1. The average molecular weight is 225 g/mol. The highest BCUT2D eigenvalue weighted by molar-refractivity contribution is 5.74. The Morgan fingerprint density at radius 3 is 2.12 bits per heavy atom. The fourth-order valence-electron chi connectivity index (χ4n) is 3.04. The molecule has 0 aromatic carbocycles. The number of hydrogen-bond acceptors (Lipinski definition) is 2. The molecule has 1 saturated carbocycles. The number of hydrogen-bond donors (Lipinski definition) is 1. The molecule has 1 unspecified atom stereocenters. The summed E-state index contributed by atoms with van der Waals surface area (Å²) in [5.74, 6) is -0.641. The van der Waals surface area contributed by atoms with Crippen LogP contribution >= 0.6 is 0 Å². The zero-order valence-corrected chi connectivity index (χ0v) is 10.6.